The van der Waals surface area contributed by atoms with Crippen LogP contribution in [0.15, 0.2) is 0 Å². The highest BCUT2D eigenvalue weighted by Gasteiger charge is 2.26. The molecule has 0 spiro atoms. The van der Waals surface area contributed by atoms with Crippen molar-refractivity contribution in [2.45, 2.75) is 12.5 Å². The number of carbonyl (C=O) groups is 1. The molecule has 1 amide bonds. The van der Waals surface area contributed by atoms with Crippen LogP contribution in [0.5, 0.6) is 0 Å². The number of morpholine rings is 1. The molecule has 0 aliphatic carbocycles. The molecule has 6 heteroatoms. The van der Waals surface area contributed by atoms with E-state index >= 15 is 0 Å². The molecule has 0 aromatic heterocycles. The third-order valence-electron chi connectivity index (χ3n) is 2.08. The molecule has 80 valence electrons. The molecule has 0 bridgehead atoms. The number of carbonyl (C=O) groups excluding carboxylic acids is 1. The molecular formula is C8H14N2O3S. The summed E-state index contributed by atoms with van der Waals surface area (Å²) in [6.45, 7) is 1.27. The van der Waals surface area contributed by atoms with E-state index in [-0.39, 0.29) is 30.0 Å². The molecule has 0 aromatic carbocycles. The molecule has 1 atom stereocenters. The summed E-state index contributed by atoms with van der Waals surface area (Å²) >= 11 is 4.65. The van der Waals surface area contributed by atoms with Gasteiger partial charge in [-0.15, -0.1) is 0 Å². The Bertz CT molecular complexity index is 235. The Hall–Kier alpha value is -0.720. The number of nitrogens with zero attached hydrogens (tertiary/aromatic N) is 1. The van der Waals surface area contributed by atoms with E-state index in [0.717, 1.165) is 0 Å². The van der Waals surface area contributed by atoms with Crippen LogP contribution in [-0.2, 0) is 9.53 Å². The highest BCUT2D eigenvalue weighted by Crippen LogP contribution is 2.08. The standard InChI is InChI=1S/C8H14N2O3S/c9-7(14)3-8(12)10-1-2-13-5-6(10)4-11/h6,11H,1-5H2,(H2,9,14). The molecule has 1 unspecified atom stereocenters. The first-order valence-corrected chi connectivity index (χ1v) is 4.82. The van der Waals surface area contributed by atoms with E-state index < -0.39 is 0 Å². The van der Waals surface area contributed by atoms with E-state index in [1.54, 1.807) is 4.90 Å². The molecule has 1 fully saturated rings. The molecule has 1 aliphatic rings. The van der Waals surface area contributed by atoms with Crippen molar-refractivity contribution in [1.29, 1.82) is 0 Å². The lowest BCUT2D eigenvalue weighted by atomic mass is 10.2. The van der Waals surface area contributed by atoms with Crippen LogP contribution in [0.2, 0.25) is 0 Å². The molecule has 3 N–H and O–H groups in total. The number of rotatable bonds is 3. The highest BCUT2D eigenvalue weighted by molar-refractivity contribution is 7.80. The van der Waals surface area contributed by atoms with Crippen molar-refractivity contribution in [3.05, 3.63) is 0 Å². The van der Waals surface area contributed by atoms with Gasteiger partial charge >= 0.3 is 0 Å². The molecule has 0 saturated carbocycles. The van der Waals surface area contributed by atoms with Crippen molar-refractivity contribution in [3.8, 4) is 0 Å². The number of ether oxygens (including phenoxy) is 1. The number of aliphatic hydroxyl groups is 1. The van der Waals surface area contributed by atoms with Gasteiger partial charge in [0, 0.05) is 6.54 Å². The Morgan fingerprint density at radius 1 is 1.71 bits per heavy atom. The predicted molar refractivity (Wildman–Crippen MR) is 54.8 cm³/mol. The third-order valence-corrected chi connectivity index (χ3v) is 2.23. The summed E-state index contributed by atoms with van der Waals surface area (Å²) in [7, 11) is 0. The number of aliphatic hydroxyl groups excluding tert-OH is 1. The van der Waals surface area contributed by atoms with E-state index in [0.29, 0.717) is 19.8 Å². The Balaban J connectivity index is 2.54. The summed E-state index contributed by atoms with van der Waals surface area (Å²) in [6.07, 6.45) is 0.0613. The fraction of sp³-hybridized carbons (Fsp3) is 0.750. The zero-order chi connectivity index (χ0) is 10.6. The van der Waals surface area contributed by atoms with Gasteiger partial charge in [0.2, 0.25) is 5.91 Å². The fourth-order valence-electron chi connectivity index (χ4n) is 1.39. The molecule has 1 aliphatic heterocycles. The van der Waals surface area contributed by atoms with Crippen LogP contribution >= 0.6 is 12.2 Å². The minimum absolute atomic E-state index is 0.0613. The average Bonchev–Trinajstić information content (AvgIpc) is 2.16. The zero-order valence-corrected chi connectivity index (χ0v) is 8.63. The summed E-state index contributed by atoms with van der Waals surface area (Å²) in [5.74, 6) is -0.139. The van der Waals surface area contributed by atoms with Crippen molar-refractivity contribution in [2.75, 3.05) is 26.4 Å². The van der Waals surface area contributed by atoms with Crippen LogP contribution in [0, 0.1) is 0 Å². The predicted octanol–water partition coefficient (Wildman–Crippen LogP) is -1.12. The van der Waals surface area contributed by atoms with E-state index in [1.807, 2.05) is 0 Å². The van der Waals surface area contributed by atoms with Gasteiger partial charge in [-0.05, 0) is 0 Å². The van der Waals surface area contributed by atoms with E-state index in [1.165, 1.54) is 0 Å². The number of nitrogens with two attached hydrogens (primary N) is 1. The number of thiocarbonyl (C=S) groups is 1. The van der Waals surface area contributed by atoms with Crippen molar-refractivity contribution in [1.82, 2.24) is 4.90 Å². The van der Waals surface area contributed by atoms with Gasteiger partial charge in [-0.2, -0.15) is 0 Å². The SMILES string of the molecule is NC(=S)CC(=O)N1CCOCC1CO. The van der Waals surface area contributed by atoms with Crippen LogP contribution in [0.1, 0.15) is 6.42 Å². The Labute approximate surface area is 87.8 Å². The lowest BCUT2D eigenvalue weighted by molar-refractivity contribution is -0.140. The first-order valence-electron chi connectivity index (χ1n) is 4.41. The lowest BCUT2D eigenvalue weighted by Gasteiger charge is -2.34. The van der Waals surface area contributed by atoms with Gasteiger partial charge in [0.15, 0.2) is 0 Å². The molecule has 0 radical (unpaired) electrons. The van der Waals surface area contributed by atoms with E-state index in [4.69, 9.17) is 15.6 Å². The highest BCUT2D eigenvalue weighted by atomic mass is 32.1. The maximum absolute atomic E-state index is 11.6. The van der Waals surface area contributed by atoms with E-state index in [9.17, 15) is 4.79 Å². The molecule has 1 saturated heterocycles. The van der Waals surface area contributed by atoms with Gasteiger partial charge in [0.25, 0.3) is 0 Å². The molecule has 1 heterocycles. The van der Waals surface area contributed by atoms with Gasteiger partial charge in [-0.3, -0.25) is 4.79 Å². The second-order valence-electron chi connectivity index (χ2n) is 3.14. The van der Waals surface area contributed by atoms with Crippen LogP contribution < -0.4 is 5.73 Å². The number of amides is 1. The van der Waals surface area contributed by atoms with Crippen molar-refractivity contribution in [2.24, 2.45) is 5.73 Å². The average molecular weight is 218 g/mol. The summed E-state index contributed by atoms with van der Waals surface area (Å²) in [4.78, 5) is 13.3. The second-order valence-corrected chi connectivity index (χ2v) is 3.67. The summed E-state index contributed by atoms with van der Waals surface area (Å²) in [5, 5.41) is 9.01. The van der Waals surface area contributed by atoms with Crippen LogP contribution in [0.4, 0.5) is 0 Å². The monoisotopic (exact) mass is 218 g/mol. The summed E-state index contributed by atoms with van der Waals surface area (Å²) < 4.78 is 5.14. The number of hydrogen-bond acceptors (Lipinski definition) is 4. The second kappa shape index (κ2) is 5.23. The minimum Gasteiger partial charge on any atom is -0.394 e. The topological polar surface area (TPSA) is 75.8 Å². The first kappa shape index (κ1) is 11.4. The first-order chi connectivity index (χ1) is 6.65. The van der Waals surface area contributed by atoms with Crippen LogP contribution in [-0.4, -0.2) is 53.3 Å². The number of hydrogen-bond donors (Lipinski definition) is 2. The smallest absolute Gasteiger partial charge is 0.229 e. The molecule has 5 nitrogen and oxygen atoms in total. The molecular weight excluding hydrogens is 204 g/mol. The van der Waals surface area contributed by atoms with Crippen LogP contribution in [0.3, 0.4) is 0 Å². The third kappa shape index (κ3) is 2.90. The fourth-order valence-corrected chi connectivity index (χ4v) is 1.51. The maximum atomic E-state index is 11.6. The van der Waals surface area contributed by atoms with Gasteiger partial charge < -0.3 is 20.5 Å². The normalized spacial score (nSPS) is 22.1. The molecule has 14 heavy (non-hydrogen) atoms. The zero-order valence-electron chi connectivity index (χ0n) is 7.81. The Morgan fingerprint density at radius 2 is 2.43 bits per heavy atom. The largest absolute Gasteiger partial charge is 0.394 e. The van der Waals surface area contributed by atoms with Crippen molar-refractivity contribution < 1.29 is 14.6 Å². The summed E-state index contributed by atoms with van der Waals surface area (Å²) in [6, 6.07) is -0.259. The van der Waals surface area contributed by atoms with Crippen molar-refractivity contribution in [3.63, 3.8) is 0 Å². The van der Waals surface area contributed by atoms with Crippen LogP contribution in [0.25, 0.3) is 0 Å². The Morgan fingerprint density at radius 3 is 3.00 bits per heavy atom. The minimum atomic E-state index is -0.259. The maximum Gasteiger partial charge on any atom is 0.229 e. The van der Waals surface area contributed by atoms with Gasteiger partial charge in [-0.25, -0.2) is 0 Å². The Kier molecular flexibility index (Phi) is 4.24. The van der Waals surface area contributed by atoms with Gasteiger partial charge in [-0.1, -0.05) is 12.2 Å². The van der Waals surface area contributed by atoms with E-state index in [2.05, 4.69) is 12.2 Å². The summed E-state index contributed by atoms with van der Waals surface area (Å²) in [5.41, 5.74) is 5.28. The van der Waals surface area contributed by atoms with Gasteiger partial charge in [0.05, 0.1) is 37.3 Å². The molecule has 1 rings (SSSR count). The quantitative estimate of drug-likeness (QED) is 0.587. The van der Waals surface area contributed by atoms with Crippen molar-refractivity contribution >= 4 is 23.1 Å². The molecule has 0 aromatic rings. The lowest BCUT2D eigenvalue weighted by Crippen LogP contribution is -2.51. The van der Waals surface area contributed by atoms with Gasteiger partial charge in [0.1, 0.15) is 0 Å².